The number of hydrogen-bond acceptors (Lipinski definition) is 3. The summed E-state index contributed by atoms with van der Waals surface area (Å²) < 4.78 is 7.07. The van der Waals surface area contributed by atoms with Gasteiger partial charge >= 0.3 is 0 Å². The molecule has 0 aliphatic rings. The van der Waals surface area contributed by atoms with Gasteiger partial charge in [0, 0.05) is 7.11 Å². The molecule has 0 saturated carbocycles. The monoisotopic (exact) mass is 177 g/mol. The van der Waals surface area contributed by atoms with Crippen LogP contribution >= 0.6 is 0 Å². The van der Waals surface area contributed by atoms with Crippen molar-refractivity contribution in [2.75, 3.05) is 7.11 Å². The van der Waals surface area contributed by atoms with Crippen molar-refractivity contribution in [3.05, 3.63) is 29.7 Å². The Morgan fingerprint density at radius 1 is 1.38 bits per heavy atom. The molecule has 2 aromatic rings. The molecule has 0 atom stereocenters. The summed E-state index contributed by atoms with van der Waals surface area (Å²) >= 11 is 0. The SMILES string of the molecule is COCc1cccc2nnc(C)n12. The van der Waals surface area contributed by atoms with Gasteiger partial charge in [0.2, 0.25) is 0 Å². The van der Waals surface area contributed by atoms with Gasteiger partial charge in [-0.15, -0.1) is 10.2 Å². The molecule has 0 radical (unpaired) electrons. The number of aryl methyl sites for hydroxylation is 1. The zero-order valence-corrected chi connectivity index (χ0v) is 7.69. The largest absolute Gasteiger partial charge is 0.378 e. The number of ether oxygens (including phenoxy) is 1. The predicted molar refractivity (Wildman–Crippen MR) is 48.4 cm³/mol. The zero-order chi connectivity index (χ0) is 9.26. The molecule has 0 aliphatic heterocycles. The molecule has 0 bridgehead atoms. The van der Waals surface area contributed by atoms with Crippen molar-refractivity contribution in [1.82, 2.24) is 14.6 Å². The van der Waals surface area contributed by atoms with E-state index in [0.717, 1.165) is 17.2 Å². The van der Waals surface area contributed by atoms with E-state index in [4.69, 9.17) is 4.74 Å². The predicted octanol–water partition coefficient (Wildman–Crippen LogP) is 1.18. The molecule has 0 N–H and O–H groups in total. The van der Waals surface area contributed by atoms with Gasteiger partial charge < -0.3 is 4.74 Å². The molecule has 0 unspecified atom stereocenters. The van der Waals surface area contributed by atoms with Crippen LogP contribution in [0.15, 0.2) is 18.2 Å². The van der Waals surface area contributed by atoms with Gasteiger partial charge in [-0.3, -0.25) is 4.40 Å². The molecular formula is C9H11N3O. The summed E-state index contributed by atoms with van der Waals surface area (Å²) in [6.07, 6.45) is 0. The van der Waals surface area contributed by atoms with Crippen LogP contribution in [0.25, 0.3) is 5.65 Å². The van der Waals surface area contributed by atoms with Crippen LogP contribution < -0.4 is 0 Å². The van der Waals surface area contributed by atoms with Crippen molar-refractivity contribution in [3.8, 4) is 0 Å². The van der Waals surface area contributed by atoms with Crippen LogP contribution in [0.4, 0.5) is 0 Å². The number of fused-ring (bicyclic) bond motifs is 1. The van der Waals surface area contributed by atoms with E-state index in [2.05, 4.69) is 10.2 Å². The third-order valence-electron chi connectivity index (χ3n) is 1.96. The van der Waals surface area contributed by atoms with E-state index >= 15 is 0 Å². The molecule has 13 heavy (non-hydrogen) atoms. The lowest BCUT2D eigenvalue weighted by atomic mass is 10.3. The van der Waals surface area contributed by atoms with Crippen molar-refractivity contribution in [2.45, 2.75) is 13.5 Å². The normalized spacial score (nSPS) is 10.9. The van der Waals surface area contributed by atoms with Crippen molar-refractivity contribution in [2.24, 2.45) is 0 Å². The quantitative estimate of drug-likeness (QED) is 0.691. The van der Waals surface area contributed by atoms with E-state index in [1.54, 1.807) is 7.11 Å². The standard InChI is InChI=1S/C9H11N3O/c1-7-10-11-9-5-3-4-8(6-13-2)12(7)9/h3-5H,6H2,1-2H3. The van der Waals surface area contributed by atoms with E-state index in [1.807, 2.05) is 29.5 Å². The maximum Gasteiger partial charge on any atom is 0.161 e. The van der Waals surface area contributed by atoms with Gasteiger partial charge in [-0.05, 0) is 19.1 Å². The molecule has 68 valence electrons. The van der Waals surface area contributed by atoms with Gasteiger partial charge in [-0.1, -0.05) is 6.07 Å². The molecule has 0 fully saturated rings. The van der Waals surface area contributed by atoms with Gasteiger partial charge in [0.25, 0.3) is 0 Å². The lowest BCUT2D eigenvalue weighted by molar-refractivity contribution is 0.180. The minimum atomic E-state index is 0.580. The summed E-state index contributed by atoms with van der Waals surface area (Å²) in [5, 5.41) is 8.01. The highest BCUT2D eigenvalue weighted by Crippen LogP contribution is 2.08. The molecule has 2 heterocycles. The molecule has 4 nitrogen and oxygen atoms in total. The second-order valence-electron chi connectivity index (χ2n) is 2.89. The third kappa shape index (κ3) is 1.29. The highest BCUT2D eigenvalue weighted by molar-refractivity contribution is 5.39. The van der Waals surface area contributed by atoms with Gasteiger partial charge in [0.05, 0.1) is 12.3 Å². The number of methoxy groups -OCH3 is 1. The zero-order valence-electron chi connectivity index (χ0n) is 7.69. The Morgan fingerprint density at radius 3 is 3.00 bits per heavy atom. The van der Waals surface area contributed by atoms with Crippen molar-refractivity contribution in [1.29, 1.82) is 0 Å². The topological polar surface area (TPSA) is 39.4 Å². The highest BCUT2D eigenvalue weighted by Gasteiger charge is 2.04. The lowest BCUT2D eigenvalue weighted by Crippen LogP contribution is -1.99. The Labute approximate surface area is 76.2 Å². The smallest absolute Gasteiger partial charge is 0.161 e. The van der Waals surface area contributed by atoms with Crippen LogP contribution in [0, 0.1) is 6.92 Å². The molecular weight excluding hydrogens is 166 g/mol. The molecule has 0 aliphatic carbocycles. The Morgan fingerprint density at radius 2 is 2.23 bits per heavy atom. The first kappa shape index (κ1) is 8.19. The fourth-order valence-electron chi connectivity index (χ4n) is 1.42. The third-order valence-corrected chi connectivity index (χ3v) is 1.96. The molecule has 0 aromatic carbocycles. The maximum absolute atomic E-state index is 5.08. The number of rotatable bonds is 2. The van der Waals surface area contributed by atoms with Crippen molar-refractivity contribution < 1.29 is 4.74 Å². The molecule has 0 spiro atoms. The fraction of sp³-hybridized carbons (Fsp3) is 0.333. The first-order valence-electron chi connectivity index (χ1n) is 4.11. The van der Waals surface area contributed by atoms with Gasteiger partial charge in [-0.2, -0.15) is 0 Å². The average molecular weight is 177 g/mol. The Hall–Kier alpha value is -1.42. The van der Waals surface area contributed by atoms with E-state index in [0.29, 0.717) is 6.61 Å². The summed E-state index contributed by atoms with van der Waals surface area (Å²) in [5.41, 5.74) is 1.94. The number of aromatic nitrogens is 3. The number of nitrogens with zero attached hydrogens (tertiary/aromatic N) is 3. The van der Waals surface area contributed by atoms with Crippen LogP contribution in [-0.4, -0.2) is 21.7 Å². The summed E-state index contributed by atoms with van der Waals surface area (Å²) in [6, 6.07) is 5.89. The second-order valence-corrected chi connectivity index (χ2v) is 2.89. The second kappa shape index (κ2) is 3.14. The summed E-state index contributed by atoms with van der Waals surface area (Å²) in [5.74, 6) is 0.891. The van der Waals surface area contributed by atoms with Crippen LogP contribution in [0.2, 0.25) is 0 Å². The Bertz CT molecular complexity index is 422. The summed E-state index contributed by atoms with van der Waals surface area (Å²) in [6.45, 7) is 2.51. The first-order valence-corrected chi connectivity index (χ1v) is 4.11. The Kier molecular flexibility index (Phi) is 1.98. The minimum absolute atomic E-state index is 0.580. The maximum atomic E-state index is 5.08. The number of pyridine rings is 1. The van der Waals surface area contributed by atoms with E-state index in [-0.39, 0.29) is 0 Å². The van der Waals surface area contributed by atoms with E-state index in [9.17, 15) is 0 Å². The Balaban J connectivity index is 2.65. The van der Waals surface area contributed by atoms with Crippen molar-refractivity contribution >= 4 is 5.65 Å². The van der Waals surface area contributed by atoms with Gasteiger partial charge in [0.1, 0.15) is 5.82 Å². The van der Waals surface area contributed by atoms with E-state index < -0.39 is 0 Å². The van der Waals surface area contributed by atoms with Gasteiger partial charge in [0.15, 0.2) is 5.65 Å². The first-order chi connectivity index (χ1) is 6.33. The number of hydrogen-bond donors (Lipinski definition) is 0. The molecule has 0 amide bonds. The minimum Gasteiger partial charge on any atom is -0.378 e. The van der Waals surface area contributed by atoms with E-state index in [1.165, 1.54) is 0 Å². The van der Waals surface area contributed by atoms with Crippen LogP contribution in [0.1, 0.15) is 11.5 Å². The molecule has 0 saturated heterocycles. The highest BCUT2D eigenvalue weighted by atomic mass is 16.5. The van der Waals surface area contributed by atoms with Crippen molar-refractivity contribution in [3.63, 3.8) is 0 Å². The van der Waals surface area contributed by atoms with Crippen LogP contribution in [0.3, 0.4) is 0 Å². The van der Waals surface area contributed by atoms with Gasteiger partial charge in [-0.25, -0.2) is 0 Å². The average Bonchev–Trinajstić information content (AvgIpc) is 2.50. The van der Waals surface area contributed by atoms with Crippen LogP contribution in [0.5, 0.6) is 0 Å². The fourth-order valence-corrected chi connectivity index (χ4v) is 1.42. The summed E-state index contributed by atoms with van der Waals surface area (Å²) in [4.78, 5) is 0. The molecule has 2 aromatic heterocycles. The summed E-state index contributed by atoms with van der Waals surface area (Å²) in [7, 11) is 1.68. The van der Waals surface area contributed by atoms with Crippen LogP contribution in [-0.2, 0) is 11.3 Å². The molecule has 2 rings (SSSR count). The molecule has 4 heteroatoms. The lowest BCUT2D eigenvalue weighted by Gasteiger charge is -2.03.